The van der Waals surface area contributed by atoms with E-state index in [9.17, 15) is 9.59 Å². The van der Waals surface area contributed by atoms with E-state index in [0.29, 0.717) is 39.9 Å². The molecule has 0 saturated heterocycles. The summed E-state index contributed by atoms with van der Waals surface area (Å²) in [5, 5.41) is 18.8. The summed E-state index contributed by atoms with van der Waals surface area (Å²) >= 11 is 5.93. The first-order valence-electron chi connectivity index (χ1n) is 10.8. The molecule has 2 heterocycles. The number of hydrogen-bond donors (Lipinski definition) is 2. The van der Waals surface area contributed by atoms with Crippen molar-refractivity contribution in [3.63, 3.8) is 0 Å². The van der Waals surface area contributed by atoms with E-state index in [1.165, 1.54) is 14.0 Å². The van der Waals surface area contributed by atoms with Crippen molar-refractivity contribution in [2.45, 2.75) is 26.9 Å². The predicted octanol–water partition coefficient (Wildman–Crippen LogP) is 3.37. The van der Waals surface area contributed by atoms with Crippen LogP contribution in [0.4, 0.5) is 5.69 Å². The molecule has 180 valence electrons. The van der Waals surface area contributed by atoms with Gasteiger partial charge in [0.1, 0.15) is 11.4 Å². The second-order valence-corrected chi connectivity index (χ2v) is 8.37. The molecule has 0 radical (unpaired) electrons. The van der Waals surface area contributed by atoms with Gasteiger partial charge in [-0.1, -0.05) is 28.9 Å². The van der Waals surface area contributed by atoms with E-state index in [1.54, 1.807) is 46.2 Å². The van der Waals surface area contributed by atoms with Gasteiger partial charge in [-0.15, -0.1) is 5.10 Å². The fourth-order valence-electron chi connectivity index (χ4n) is 3.53. The molecule has 0 saturated carbocycles. The molecule has 4 aromatic rings. The minimum Gasteiger partial charge on any atom is -0.495 e. The van der Waals surface area contributed by atoms with Crippen molar-refractivity contribution in [3.05, 3.63) is 82.4 Å². The van der Waals surface area contributed by atoms with Crippen LogP contribution in [0.3, 0.4) is 0 Å². The van der Waals surface area contributed by atoms with Crippen molar-refractivity contribution in [2.75, 3.05) is 12.4 Å². The third kappa shape index (κ3) is 5.85. The van der Waals surface area contributed by atoms with Crippen LogP contribution in [-0.4, -0.2) is 43.7 Å². The number of hydrogen-bond acceptors (Lipinski definition) is 6. The molecule has 2 N–H and O–H groups in total. The summed E-state index contributed by atoms with van der Waals surface area (Å²) in [6, 6.07) is 10.8. The molecule has 2 aromatic carbocycles. The second kappa shape index (κ2) is 10.4. The summed E-state index contributed by atoms with van der Waals surface area (Å²) in [6.07, 6.45) is 5.00. The van der Waals surface area contributed by atoms with Gasteiger partial charge in [0.2, 0.25) is 5.91 Å². The molecule has 11 heteroatoms. The van der Waals surface area contributed by atoms with Gasteiger partial charge < -0.3 is 15.4 Å². The Morgan fingerprint density at radius 3 is 2.69 bits per heavy atom. The number of carbonyl (C=O) groups excluding carboxylic acids is 2. The SMILES string of the molecule is COc1ccc(CNC(=O)c2ccc(C)cc2-n2cc(Cn3cc(Cl)cn3)nn2)cc1NC(C)=O. The highest BCUT2D eigenvalue weighted by molar-refractivity contribution is 6.30. The number of aromatic nitrogens is 5. The Bertz CT molecular complexity index is 1380. The maximum absolute atomic E-state index is 13.1. The Morgan fingerprint density at radius 1 is 1.14 bits per heavy atom. The number of halogens is 1. The van der Waals surface area contributed by atoms with Crippen molar-refractivity contribution in [2.24, 2.45) is 0 Å². The first-order chi connectivity index (χ1) is 16.8. The standard InChI is InChI=1S/C24H24ClN7O3/c1-15-4-6-20(22(8-15)32-14-19(29-30-32)13-31-12-18(25)11-27-31)24(34)26-10-17-5-7-23(35-3)21(9-17)28-16(2)33/h4-9,11-12,14H,10,13H2,1-3H3,(H,26,34)(H,28,33). The molecule has 10 nitrogen and oxygen atoms in total. The van der Waals surface area contributed by atoms with Crippen molar-refractivity contribution in [1.29, 1.82) is 0 Å². The number of carbonyl (C=O) groups is 2. The van der Waals surface area contributed by atoms with E-state index >= 15 is 0 Å². The van der Waals surface area contributed by atoms with Gasteiger partial charge in [0.05, 0.1) is 48.0 Å². The van der Waals surface area contributed by atoms with Gasteiger partial charge in [-0.05, 0) is 42.3 Å². The van der Waals surface area contributed by atoms with Crippen LogP contribution in [0.5, 0.6) is 5.75 Å². The maximum Gasteiger partial charge on any atom is 0.253 e. The topological polar surface area (TPSA) is 116 Å². The Kier molecular flexibility index (Phi) is 7.11. The van der Waals surface area contributed by atoms with E-state index in [-0.39, 0.29) is 18.4 Å². The number of benzene rings is 2. The number of amides is 2. The molecule has 0 atom stereocenters. The van der Waals surface area contributed by atoms with Crippen molar-refractivity contribution in [1.82, 2.24) is 30.1 Å². The zero-order valence-electron chi connectivity index (χ0n) is 19.4. The number of methoxy groups -OCH3 is 1. The summed E-state index contributed by atoms with van der Waals surface area (Å²) in [5.41, 5.74) is 4.04. The molecule has 0 aliphatic rings. The average Bonchev–Trinajstić information content (AvgIpc) is 3.46. The average molecular weight is 494 g/mol. The summed E-state index contributed by atoms with van der Waals surface area (Å²) in [7, 11) is 1.53. The fraction of sp³-hybridized carbons (Fsp3) is 0.208. The number of aryl methyl sites for hydroxylation is 1. The largest absolute Gasteiger partial charge is 0.495 e. The van der Waals surface area contributed by atoms with E-state index in [0.717, 1.165) is 11.1 Å². The highest BCUT2D eigenvalue weighted by atomic mass is 35.5. The lowest BCUT2D eigenvalue weighted by atomic mass is 10.1. The van der Waals surface area contributed by atoms with Crippen LogP contribution in [0, 0.1) is 6.92 Å². The normalized spacial score (nSPS) is 10.7. The molecule has 2 amide bonds. The lowest BCUT2D eigenvalue weighted by molar-refractivity contribution is -0.114. The number of nitrogens with one attached hydrogen (secondary N) is 2. The van der Waals surface area contributed by atoms with Crippen LogP contribution in [0.15, 0.2) is 55.0 Å². The molecule has 0 spiro atoms. The molecule has 2 aromatic heterocycles. The minimum absolute atomic E-state index is 0.211. The summed E-state index contributed by atoms with van der Waals surface area (Å²) in [4.78, 5) is 24.6. The van der Waals surface area contributed by atoms with E-state index in [1.807, 2.05) is 25.1 Å². The Morgan fingerprint density at radius 2 is 1.97 bits per heavy atom. The van der Waals surface area contributed by atoms with E-state index < -0.39 is 0 Å². The monoisotopic (exact) mass is 493 g/mol. The molecule has 0 fully saturated rings. The molecular formula is C24H24ClN7O3. The molecule has 0 unspecified atom stereocenters. The fourth-order valence-corrected chi connectivity index (χ4v) is 3.69. The molecule has 0 aliphatic carbocycles. The third-order valence-corrected chi connectivity index (χ3v) is 5.33. The van der Waals surface area contributed by atoms with Crippen LogP contribution in [0.2, 0.25) is 5.02 Å². The van der Waals surface area contributed by atoms with E-state index in [2.05, 4.69) is 26.0 Å². The van der Waals surface area contributed by atoms with Gasteiger partial charge in [0, 0.05) is 19.7 Å². The van der Waals surface area contributed by atoms with Gasteiger partial charge in [-0.3, -0.25) is 14.3 Å². The first-order valence-corrected chi connectivity index (χ1v) is 11.1. The first kappa shape index (κ1) is 24.0. The Hall–Kier alpha value is -4.18. The number of ether oxygens (including phenoxy) is 1. The molecule has 0 bridgehead atoms. The van der Waals surface area contributed by atoms with Crippen molar-refractivity contribution >= 4 is 29.1 Å². The highest BCUT2D eigenvalue weighted by Gasteiger charge is 2.16. The lowest BCUT2D eigenvalue weighted by Gasteiger charge is -2.13. The quantitative estimate of drug-likeness (QED) is 0.389. The van der Waals surface area contributed by atoms with Crippen LogP contribution in [0.1, 0.15) is 34.1 Å². The minimum atomic E-state index is -0.271. The highest BCUT2D eigenvalue weighted by Crippen LogP contribution is 2.25. The number of nitrogens with zero attached hydrogens (tertiary/aromatic N) is 5. The van der Waals surface area contributed by atoms with Crippen LogP contribution in [0.25, 0.3) is 5.69 Å². The Balaban J connectivity index is 1.52. The van der Waals surface area contributed by atoms with Gasteiger partial charge in [0.25, 0.3) is 5.91 Å². The summed E-state index contributed by atoms with van der Waals surface area (Å²) < 4.78 is 8.51. The smallest absolute Gasteiger partial charge is 0.253 e. The van der Waals surface area contributed by atoms with Crippen LogP contribution >= 0.6 is 11.6 Å². The van der Waals surface area contributed by atoms with Crippen LogP contribution < -0.4 is 15.4 Å². The molecule has 0 aliphatic heterocycles. The van der Waals surface area contributed by atoms with E-state index in [4.69, 9.17) is 16.3 Å². The second-order valence-electron chi connectivity index (χ2n) is 7.93. The van der Waals surface area contributed by atoms with Crippen molar-refractivity contribution in [3.8, 4) is 11.4 Å². The summed E-state index contributed by atoms with van der Waals surface area (Å²) in [6.45, 7) is 4.02. The summed E-state index contributed by atoms with van der Waals surface area (Å²) in [5.74, 6) is 0.0555. The maximum atomic E-state index is 13.1. The Labute approximate surface area is 206 Å². The van der Waals surface area contributed by atoms with Gasteiger partial charge in [-0.25, -0.2) is 4.68 Å². The predicted molar refractivity (Wildman–Crippen MR) is 131 cm³/mol. The number of anilines is 1. The van der Waals surface area contributed by atoms with Crippen molar-refractivity contribution < 1.29 is 14.3 Å². The lowest BCUT2D eigenvalue weighted by Crippen LogP contribution is -2.24. The number of rotatable bonds is 8. The molecular weight excluding hydrogens is 470 g/mol. The molecule has 35 heavy (non-hydrogen) atoms. The van der Waals surface area contributed by atoms with Crippen LogP contribution in [-0.2, 0) is 17.9 Å². The van der Waals surface area contributed by atoms with Gasteiger partial charge in [0.15, 0.2) is 0 Å². The van der Waals surface area contributed by atoms with Gasteiger partial charge in [-0.2, -0.15) is 5.10 Å². The molecule has 4 rings (SSSR count). The van der Waals surface area contributed by atoms with Gasteiger partial charge >= 0.3 is 0 Å². The zero-order chi connectivity index (χ0) is 24.9. The zero-order valence-corrected chi connectivity index (χ0v) is 20.2. The third-order valence-electron chi connectivity index (χ3n) is 5.14.